The number of amides is 1. The minimum absolute atomic E-state index is 0.213. The number of aromatic nitrogens is 2. The summed E-state index contributed by atoms with van der Waals surface area (Å²) in [6, 6.07) is 4.87. The average Bonchev–Trinajstić information content (AvgIpc) is 3.11. The second kappa shape index (κ2) is 8.44. The van der Waals surface area contributed by atoms with E-state index in [0.29, 0.717) is 28.3 Å². The van der Waals surface area contributed by atoms with Crippen LogP contribution in [0.4, 0.5) is 18.9 Å². The minimum Gasteiger partial charge on any atom is -0.496 e. The van der Waals surface area contributed by atoms with Gasteiger partial charge in [0.05, 0.1) is 25.1 Å². The predicted molar refractivity (Wildman–Crippen MR) is 108 cm³/mol. The molecule has 11 heteroatoms. The van der Waals surface area contributed by atoms with E-state index < -0.39 is 12.8 Å². The fourth-order valence-electron chi connectivity index (χ4n) is 3.00. The van der Waals surface area contributed by atoms with E-state index in [1.165, 1.54) is 12.0 Å². The SMILES string of the molecule is COc1ccc(/C=C2/NC(=S)N(c3cn(C)nc3C)C2=O)cc1COCC(F)(F)F. The number of anilines is 1. The third-order valence-electron chi connectivity index (χ3n) is 4.25. The molecule has 0 aliphatic carbocycles. The van der Waals surface area contributed by atoms with E-state index in [1.54, 1.807) is 49.1 Å². The summed E-state index contributed by atoms with van der Waals surface area (Å²) in [6.45, 7) is 0.110. The van der Waals surface area contributed by atoms with Crippen LogP contribution in [-0.4, -0.2) is 40.7 Å². The molecule has 1 aliphatic rings. The van der Waals surface area contributed by atoms with Crippen molar-refractivity contribution in [3.8, 4) is 5.75 Å². The van der Waals surface area contributed by atoms with Crippen LogP contribution in [0.25, 0.3) is 6.08 Å². The summed E-state index contributed by atoms with van der Waals surface area (Å²) in [5, 5.41) is 7.30. The molecule has 1 amide bonds. The Hall–Kier alpha value is -2.92. The van der Waals surface area contributed by atoms with Crippen molar-refractivity contribution >= 4 is 35.0 Å². The zero-order valence-electron chi connectivity index (χ0n) is 16.4. The van der Waals surface area contributed by atoms with Crippen molar-refractivity contribution in [2.24, 2.45) is 7.05 Å². The molecule has 1 aliphatic heterocycles. The van der Waals surface area contributed by atoms with Crippen molar-refractivity contribution < 1.29 is 27.4 Å². The Kier molecular flexibility index (Phi) is 6.13. The van der Waals surface area contributed by atoms with Crippen molar-refractivity contribution in [2.45, 2.75) is 19.7 Å². The number of benzene rings is 1. The van der Waals surface area contributed by atoms with Crippen LogP contribution in [0.1, 0.15) is 16.8 Å². The molecular weight excluding hydrogens is 421 g/mol. The highest BCUT2D eigenvalue weighted by Gasteiger charge is 2.34. The van der Waals surface area contributed by atoms with Gasteiger partial charge >= 0.3 is 6.18 Å². The number of carbonyl (C=O) groups excluding carboxylic acids is 1. The maximum atomic E-state index is 12.9. The predicted octanol–water partition coefficient (Wildman–Crippen LogP) is 3.08. The number of alkyl halides is 3. The number of methoxy groups -OCH3 is 1. The first kappa shape index (κ1) is 21.8. The first-order valence-corrected chi connectivity index (χ1v) is 9.18. The minimum atomic E-state index is -4.42. The van der Waals surface area contributed by atoms with Gasteiger partial charge in [0.1, 0.15) is 18.1 Å². The van der Waals surface area contributed by atoms with Gasteiger partial charge in [0.2, 0.25) is 0 Å². The Morgan fingerprint density at radius 1 is 1.33 bits per heavy atom. The van der Waals surface area contributed by atoms with Gasteiger partial charge in [0, 0.05) is 18.8 Å². The molecule has 0 bridgehead atoms. The van der Waals surface area contributed by atoms with Crippen LogP contribution >= 0.6 is 12.2 Å². The van der Waals surface area contributed by atoms with Gasteiger partial charge in [-0.2, -0.15) is 18.3 Å². The number of rotatable bonds is 6. The topological polar surface area (TPSA) is 68.6 Å². The van der Waals surface area contributed by atoms with Crippen molar-refractivity contribution in [3.63, 3.8) is 0 Å². The summed E-state index contributed by atoms with van der Waals surface area (Å²) in [5.74, 6) is 0.0231. The van der Waals surface area contributed by atoms with Gasteiger partial charge in [0.15, 0.2) is 5.11 Å². The Bertz CT molecular complexity index is 1020. The lowest BCUT2D eigenvalue weighted by atomic mass is 10.1. The molecule has 2 heterocycles. The van der Waals surface area contributed by atoms with E-state index in [0.717, 1.165) is 0 Å². The van der Waals surface area contributed by atoms with Crippen LogP contribution in [0.5, 0.6) is 5.75 Å². The van der Waals surface area contributed by atoms with E-state index in [-0.39, 0.29) is 23.3 Å². The summed E-state index contributed by atoms with van der Waals surface area (Å²) >= 11 is 5.29. The first-order valence-electron chi connectivity index (χ1n) is 8.78. The number of nitrogens with one attached hydrogen (secondary N) is 1. The number of carbonyl (C=O) groups is 1. The van der Waals surface area contributed by atoms with E-state index >= 15 is 0 Å². The standard InChI is InChI=1S/C19H19F3N4O3S/c1-11-15(8-25(2)24-11)26-17(27)14(23-18(26)30)7-12-4-5-16(28-3)13(6-12)9-29-10-19(20,21)22/h4-8H,9-10H2,1-3H3,(H,23,30)/b14-7+. The van der Waals surface area contributed by atoms with Crippen molar-refractivity contribution in [2.75, 3.05) is 18.6 Å². The molecule has 1 aromatic heterocycles. The number of ether oxygens (including phenoxy) is 2. The zero-order valence-corrected chi connectivity index (χ0v) is 17.2. The molecule has 0 atom stereocenters. The van der Waals surface area contributed by atoms with Gasteiger partial charge in [-0.3, -0.25) is 9.48 Å². The number of nitrogens with zero attached hydrogens (tertiary/aromatic N) is 3. The summed E-state index contributed by atoms with van der Waals surface area (Å²) in [6.07, 6.45) is -1.17. The fraction of sp³-hybridized carbons (Fsp3) is 0.316. The zero-order chi connectivity index (χ0) is 22.1. The molecule has 1 saturated heterocycles. The van der Waals surface area contributed by atoms with E-state index in [1.807, 2.05) is 0 Å². The molecule has 2 aromatic rings. The fourth-order valence-corrected chi connectivity index (χ4v) is 3.30. The molecule has 1 fully saturated rings. The Morgan fingerprint density at radius 3 is 2.67 bits per heavy atom. The van der Waals surface area contributed by atoms with E-state index in [2.05, 4.69) is 10.4 Å². The highest BCUT2D eigenvalue weighted by molar-refractivity contribution is 7.80. The van der Waals surface area contributed by atoms with Crippen LogP contribution in [0, 0.1) is 6.92 Å². The number of aryl methyl sites for hydroxylation is 2. The van der Waals surface area contributed by atoms with Crippen LogP contribution in [0.3, 0.4) is 0 Å². The molecule has 30 heavy (non-hydrogen) atoms. The first-order chi connectivity index (χ1) is 14.1. The molecule has 0 saturated carbocycles. The van der Waals surface area contributed by atoms with Gasteiger partial charge in [0.25, 0.3) is 5.91 Å². The molecule has 160 valence electrons. The highest BCUT2D eigenvalue weighted by Crippen LogP contribution is 2.27. The lowest BCUT2D eigenvalue weighted by Crippen LogP contribution is -2.30. The summed E-state index contributed by atoms with van der Waals surface area (Å²) in [4.78, 5) is 14.2. The number of hydrogen-bond donors (Lipinski definition) is 1. The lowest BCUT2D eigenvalue weighted by molar-refractivity contribution is -0.176. The molecule has 1 N–H and O–H groups in total. The molecule has 0 unspecified atom stereocenters. The highest BCUT2D eigenvalue weighted by atomic mass is 32.1. The molecule has 0 spiro atoms. The quantitative estimate of drug-likeness (QED) is 0.550. The Balaban J connectivity index is 1.84. The second-order valence-electron chi connectivity index (χ2n) is 6.58. The van der Waals surface area contributed by atoms with Crippen LogP contribution in [-0.2, 0) is 23.2 Å². The normalized spacial score (nSPS) is 15.8. The van der Waals surface area contributed by atoms with Crippen LogP contribution in [0.2, 0.25) is 0 Å². The average molecular weight is 440 g/mol. The van der Waals surface area contributed by atoms with Crippen molar-refractivity contribution in [1.82, 2.24) is 15.1 Å². The van der Waals surface area contributed by atoms with Gasteiger partial charge in [-0.1, -0.05) is 6.07 Å². The van der Waals surface area contributed by atoms with Crippen LogP contribution < -0.4 is 15.0 Å². The molecule has 3 rings (SSSR count). The summed E-state index contributed by atoms with van der Waals surface area (Å²) in [5.41, 5.74) is 2.44. The van der Waals surface area contributed by atoms with Gasteiger partial charge < -0.3 is 14.8 Å². The van der Waals surface area contributed by atoms with E-state index in [4.69, 9.17) is 21.7 Å². The largest absolute Gasteiger partial charge is 0.496 e. The lowest BCUT2D eigenvalue weighted by Gasteiger charge is -2.12. The number of halogens is 3. The Labute approximate surface area is 176 Å². The van der Waals surface area contributed by atoms with Crippen molar-refractivity contribution in [3.05, 3.63) is 46.9 Å². The monoisotopic (exact) mass is 440 g/mol. The summed E-state index contributed by atoms with van der Waals surface area (Å²) < 4.78 is 48.5. The molecule has 0 radical (unpaired) electrons. The van der Waals surface area contributed by atoms with Gasteiger partial charge in [-0.05, 0) is 42.9 Å². The van der Waals surface area contributed by atoms with E-state index in [9.17, 15) is 18.0 Å². The van der Waals surface area contributed by atoms with Gasteiger partial charge in [-0.15, -0.1) is 0 Å². The third kappa shape index (κ3) is 4.79. The Morgan fingerprint density at radius 2 is 2.07 bits per heavy atom. The smallest absolute Gasteiger partial charge is 0.411 e. The van der Waals surface area contributed by atoms with Gasteiger partial charge in [-0.25, -0.2) is 4.90 Å². The van der Waals surface area contributed by atoms with Crippen LogP contribution in [0.15, 0.2) is 30.1 Å². The molecular formula is C19H19F3N4O3S. The molecule has 1 aromatic carbocycles. The maximum Gasteiger partial charge on any atom is 0.411 e. The number of hydrogen-bond acceptors (Lipinski definition) is 5. The number of thiocarbonyl (C=S) groups is 1. The molecule has 7 nitrogen and oxygen atoms in total. The van der Waals surface area contributed by atoms with Crippen molar-refractivity contribution in [1.29, 1.82) is 0 Å². The third-order valence-corrected chi connectivity index (χ3v) is 4.53. The second-order valence-corrected chi connectivity index (χ2v) is 6.97. The maximum absolute atomic E-state index is 12.9. The summed E-state index contributed by atoms with van der Waals surface area (Å²) in [7, 11) is 3.15.